The van der Waals surface area contributed by atoms with E-state index in [2.05, 4.69) is 5.32 Å². The maximum Gasteiger partial charge on any atom is 0.296 e. The summed E-state index contributed by atoms with van der Waals surface area (Å²) in [5, 5.41) is 14.0. The average molecular weight is 253 g/mol. The first-order valence-electron chi connectivity index (χ1n) is 5.77. The number of nitrogens with one attached hydrogen (secondary N) is 1. The van der Waals surface area contributed by atoms with E-state index in [1.165, 1.54) is 13.2 Å². The zero-order valence-electron chi connectivity index (χ0n) is 10.8. The zero-order valence-corrected chi connectivity index (χ0v) is 10.8. The van der Waals surface area contributed by atoms with Crippen LogP contribution in [0.4, 0.5) is 11.4 Å². The first-order valence-corrected chi connectivity index (χ1v) is 5.77. The molecule has 0 aliphatic carbocycles. The summed E-state index contributed by atoms with van der Waals surface area (Å²) in [6, 6.07) is 4.65. The highest BCUT2D eigenvalue weighted by molar-refractivity contribution is 5.63. The molecule has 1 aromatic carbocycles. The molecule has 0 heterocycles. The third-order valence-corrected chi connectivity index (χ3v) is 2.79. The molecule has 1 atom stereocenters. The molecule has 0 amide bonds. The van der Waals surface area contributed by atoms with E-state index >= 15 is 0 Å². The number of nitro groups is 1. The second-order valence-electron chi connectivity index (χ2n) is 4.43. The van der Waals surface area contributed by atoms with Crippen LogP contribution in [0.5, 0.6) is 5.75 Å². The minimum Gasteiger partial charge on any atom is -0.496 e. The Kier molecular flexibility index (Phi) is 4.91. The minimum atomic E-state index is -0.439. The Labute approximate surface area is 106 Å². The average Bonchev–Trinajstić information content (AvgIpc) is 2.35. The van der Waals surface area contributed by atoms with Gasteiger partial charge in [-0.05, 0) is 18.1 Å². The molecule has 1 rings (SSSR count). The predicted octanol–water partition coefficient (Wildman–Crippen LogP) is 2.00. The molecule has 0 radical (unpaired) electrons. The van der Waals surface area contributed by atoms with Gasteiger partial charge in [0.15, 0.2) is 0 Å². The Hall–Kier alpha value is -1.82. The highest BCUT2D eigenvalue weighted by Gasteiger charge is 2.16. The standard InChI is InChI=1S/C12H19N3O3/c1-8(2)10(13)7-14-11-5-4-9(18-3)6-12(11)15(16)17/h4-6,8,10,14H,7,13H2,1-3H3. The van der Waals surface area contributed by atoms with Gasteiger partial charge in [-0.15, -0.1) is 0 Å². The normalized spacial score (nSPS) is 12.3. The maximum absolute atomic E-state index is 10.9. The Morgan fingerprint density at radius 2 is 2.17 bits per heavy atom. The molecule has 0 bridgehead atoms. The molecule has 0 aliphatic heterocycles. The molecule has 18 heavy (non-hydrogen) atoms. The van der Waals surface area contributed by atoms with Crippen molar-refractivity contribution >= 4 is 11.4 Å². The lowest BCUT2D eigenvalue weighted by molar-refractivity contribution is -0.384. The summed E-state index contributed by atoms with van der Waals surface area (Å²) in [5.41, 5.74) is 6.34. The van der Waals surface area contributed by atoms with Crippen LogP contribution in [0.2, 0.25) is 0 Å². The lowest BCUT2D eigenvalue weighted by Crippen LogP contribution is -2.34. The SMILES string of the molecule is COc1ccc(NCC(N)C(C)C)c([N+](=O)[O-])c1. The molecule has 0 fully saturated rings. The second kappa shape index (κ2) is 6.20. The summed E-state index contributed by atoms with van der Waals surface area (Å²) in [4.78, 5) is 10.5. The van der Waals surface area contributed by atoms with Crippen LogP contribution < -0.4 is 15.8 Å². The van der Waals surface area contributed by atoms with E-state index in [0.717, 1.165) is 0 Å². The summed E-state index contributed by atoms with van der Waals surface area (Å²) in [6.45, 7) is 4.51. The van der Waals surface area contributed by atoms with Crippen molar-refractivity contribution in [3.63, 3.8) is 0 Å². The van der Waals surface area contributed by atoms with Gasteiger partial charge in [0.05, 0.1) is 18.1 Å². The van der Waals surface area contributed by atoms with Crippen LogP contribution in [0, 0.1) is 16.0 Å². The monoisotopic (exact) mass is 253 g/mol. The van der Waals surface area contributed by atoms with Gasteiger partial charge < -0.3 is 15.8 Å². The summed E-state index contributed by atoms with van der Waals surface area (Å²) < 4.78 is 4.97. The largest absolute Gasteiger partial charge is 0.496 e. The fourth-order valence-corrected chi connectivity index (χ4v) is 1.40. The van der Waals surface area contributed by atoms with E-state index in [1.807, 2.05) is 13.8 Å². The number of nitrogens with zero attached hydrogens (tertiary/aromatic N) is 1. The van der Waals surface area contributed by atoms with Crippen molar-refractivity contribution in [1.82, 2.24) is 0 Å². The fourth-order valence-electron chi connectivity index (χ4n) is 1.40. The fraction of sp³-hybridized carbons (Fsp3) is 0.500. The molecule has 0 spiro atoms. The number of methoxy groups -OCH3 is 1. The molecule has 1 aromatic rings. The van der Waals surface area contributed by atoms with Gasteiger partial charge in [0, 0.05) is 12.6 Å². The van der Waals surface area contributed by atoms with E-state index in [9.17, 15) is 10.1 Å². The molecule has 100 valence electrons. The van der Waals surface area contributed by atoms with Crippen LogP contribution in [0.25, 0.3) is 0 Å². The molecule has 6 nitrogen and oxygen atoms in total. The molecular weight excluding hydrogens is 234 g/mol. The number of anilines is 1. The molecule has 0 saturated carbocycles. The van der Waals surface area contributed by atoms with Gasteiger partial charge in [0.2, 0.25) is 0 Å². The lowest BCUT2D eigenvalue weighted by atomic mass is 10.1. The third-order valence-electron chi connectivity index (χ3n) is 2.79. The lowest BCUT2D eigenvalue weighted by Gasteiger charge is -2.17. The predicted molar refractivity (Wildman–Crippen MR) is 71.0 cm³/mol. The second-order valence-corrected chi connectivity index (χ2v) is 4.43. The minimum absolute atomic E-state index is 0.00898. The Morgan fingerprint density at radius 3 is 2.67 bits per heavy atom. The molecular formula is C12H19N3O3. The number of benzene rings is 1. The van der Waals surface area contributed by atoms with Crippen LogP contribution in [-0.4, -0.2) is 24.6 Å². The smallest absolute Gasteiger partial charge is 0.296 e. The van der Waals surface area contributed by atoms with E-state index in [4.69, 9.17) is 10.5 Å². The number of nitrogens with two attached hydrogens (primary N) is 1. The molecule has 6 heteroatoms. The van der Waals surface area contributed by atoms with Crippen LogP contribution in [0.3, 0.4) is 0 Å². The van der Waals surface area contributed by atoms with E-state index in [1.54, 1.807) is 12.1 Å². The number of nitro benzene ring substituents is 1. The first kappa shape index (κ1) is 14.2. The number of ether oxygens (including phenoxy) is 1. The van der Waals surface area contributed by atoms with Crippen molar-refractivity contribution in [2.24, 2.45) is 11.7 Å². The number of rotatable bonds is 6. The maximum atomic E-state index is 10.9. The topological polar surface area (TPSA) is 90.4 Å². The van der Waals surface area contributed by atoms with Crippen molar-refractivity contribution in [3.8, 4) is 5.75 Å². The van der Waals surface area contributed by atoms with E-state index < -0.39 is 4.92 Å². The van der Waals surface area contributed by atoms with Gasteiger partial charge >= 0.3 is 0 Å². The highest BCUT2D eigenvalue weighted by Crippen LogP contribution is 2.28. The summed E-state index contributed by atoms with van der Waals surface area (Å²) in [6.07, 6.45) is 0. The van der Waals surface area contributed by atoms with Crippen molar-refractivity contribution < 1.29 is 9.66 Å². The van der Waals surface area contributed by atoms with Gasteiger partial charge in [-0.3, -0.25) is 10.1 Å². The van der Waals surface area contributed by atoms with Gasteiger partial charge in [0.1, 0.15) is 11.4 Å². The van der Waals surface area contributed by atoms with Crippen molar-refractivity contribution in [3.05, 3.63) is 28.3 Å². The van der Waals surface area contributed by atoms with Crippen LogP contribution in [-0.2, 0) is 0 Å². The van der Waals surface area contributed by atoms with Crippen molar-refractivity contribution in [2.45, 2.75) is 19.9 Å². The van der Waals surface area contributed by atoms with Crippen molar-refractivity contribution in [1.29, 1.82) is 0 Å². The first-order chi connectivity index (χ1) is 8.45. The molecule has 3 N–H and O–H groups in total. The molecule has 1 unspecified atom stereocenters. The van der Waals surface area contributed by atoms with Gasteiger partial charge in [0.25, 0.3) is 5.69 Å². The van der Waals surface area contributed by atoms with Crippen LogP contribution >= 0.6 is 0 Å². The Morgan fingerprint density at radius 1 is 1.50 bits per heavy atom. The van der Waals surface area contributed by atoms with Gasteiger partial charge in [-0.25, -0.2) is 0 Å². The van der Waals surface area contributed by atoms with E-state index in [0.29, 0.717) is 23.9 Å². The highest BCUT2D eigenvalue weighted by atomic mass is 16.6. The quantitative estimate of drug-likeness (QED) is 0.597. The molecule has 0 saturated heterocycles. The van der Waals surface area contributed by atoms with E-state index in [-0.39, 0.29) is 11.7 Å². The van der Waals surface area contributed by atoms with Crippen molar-refractivity contribution in [2.75, 3.05) is 19.0 Å². The summed E-state index contributed by atoms with van der Waals surface area (Å²) in [7, 11) is 1.47. The Balaban J connectivity index is 2.85. The zero-order chi connectivity index (χ0) is 13.7. The Bertz CT molecular complexity index is 421. The third kappa shape index (κ3) is 3.59. The number of hydrogen-bond donors (Lipinski definition) is 2. The summed E-state index contributed by atoms with van der Waals surface area (Å²) in [5.74, 6) is 0.773. The van der Waals surface area contributed by atoms with Crippen LogP contribution in [0.1, 0.15) is 13.8 Å². The van der Waals surface area contributed by atoms with Gasteiger partial charge in [-0.2, -0.15) is 0 Å². The number of hydrogen-bond acceptors (Lipinski definition) is 5. The molecule has 0 aromatic heterocycles. The van der Waals surface area contributed by atoms with Crippen LogP contribution in [0.15, 0.2) is 18.2 Å². The summed E-state index contributed by atoms with van der Waals surface area (Å²) >= 11 is 0. The molecule has 0 aliphatic rings. The van der Waals surface area contributed by atoms with Gasteiger partial charge in [-0.1, -0.05) is 13.8 Å².